The molecule has 2 aromatic heterocycles. The fraction of sp³-hybridized carbons (Fsp3) is 0.500. The van der Waals surface area contributed by atoms with Crippen LogP contribution in [0.25, 0.3) is 11.2 Å². The fourth-order valence-corrected chi connectivity index (χ4v) is 4.46. The number of nitrogen functional groups attached to an aromatic ring is 1. The molecule has 1 aliphatic rings. The second kappa shape index (κ2) is 11.5. The zero-order valence-corrected chi connectivity index (χ0v) is 22.5. The first-order chi connectivity index (χ1) is 18.5. The largest absolute Gasteiger partial charge is 0.387 e. The van der Waals surface area contributed by atoms with Gasteiger partial charge in [0.15, 0.2) is 17.7 Å². The summed E-state index contributed by atoms with van der Waals surface area (Å²) in [6.45, 7) is 8.50. The van der Waals surface area contributed by atoms with Crippen molar-refractivity contribution in [2.24, 2.45) is 0 Å². The molecule has 0 spiro atoms. The van der Waals surface area contributed by atoms with Gasteiger partial charge in [0.2, 0.25) is 5.91 Å². The summed E-state index contributed by atoms with van der Waals surface area (Å²) in [7, 11) is 0. The lowest BCUT2D eigenvalue weighted by Crippen LogP contribution is -2.43. The highest BCUT2D eigenvalue weighted by molar-refractivity contribution is 5.89. The lowest BCUT2D eigenvalue weighted by molar-refractivity contribution is -0.132. The van der Waals surface area contributed by atoms with E-state index in [4.69, 9.17) is 10.5 Å². The zero-order chi connectivity index (χ0) is 28.3. The minimum atomic E-state index is -1.28. The summed E-state index contributed by atoms with van der Waals surface area (Å²) in [6.07, 6.45) is -1.18. The molecule has 13 heteroatoms. The number of nitrogens with two attached hydrogens (primary N) is 1. The van der Waals surface area contributed by atoms with E-state index < -0.39 is 24.5 Å². The first kappa shape index (κ1) is 28.2. The van der Waals surface area contributed by atoms with Gasteiger partial charge in [-0.1, -0.05) is 32.9 Å². The summed E-state index contributed by atoms with van der Waals surface area (Å²) in [5, 5.41) is 26.9. The maximum Gasteiger partial charge on any atom is 0.319 e. The average molecular weight is 541 g/mol. The van der Waals surface area contributed by atoms with Crippen molar-refractivity contribution in [3.05, 3.63) is 42.5 Å². The van der Waals surface area contributed by atoms with E-state index in [0.29, 0.717) is 36.4 Å². The van der Waals surface area contributed by atoms with Crippen molar-refractivity contribution in [2.75, 3.05) is 30.7 Å². The number of hydrogen-bond donors (Lipinski definition) is 5. The van der Waals surface area contributed by atoms with Crippen LogP contribution in [0.15, 0.2) is 36.9 Å². The summed E-state index contributed by atoms with van der Waals surface area (Å²) in [6, 6.07) is 7.35. The lowest BCUT2D eigenvalue weighted by Gasteiger charge is -2.26. The molecular weight excluding hydrogens is 504 g/mol. The van der Waals surface area contributed by atoms with Gasteiger partial charge < -0.3 is 36.2 Å². The monoisotopic (exact) mass is 540 g/mol. The molecule has 1 fully saturated rings. The Bertz CT molecular complexity index is 1310. The van der Waals surface area contributed by atoms with E-state index in [0.717, 1.165) is 0 Å². The van der Waals surface area contributed by atoms with Crippen molar-refractivity contribution >= 4 is 34.6 Å². The van der Waals surface area contributed by atoms with Crippen LogP contribution in [0.1, 0.15) is 45.9 Å². The van der Waals surface area contributed by atoms with Crippen LogP contribution in [-0.4, -0.2) is 84.5 Å². The van der Waals surface area contributed by atoms with Crippen LogP contribution in [-0.2, 0) is 14.9 Å². The third kappa shape index (κ3) is 6.44. The quantitative estimate of drug-likeness (QED) is 0.264. The van der Waals surface area contributed by atoms with Gasteiger partial charge >= 0.3 is 6.03 Å². The number of fused-ring (bicyclic) bond motifs is 1. The molecule has 1 saturated heterocycles. The minimum absolute atomic E-state index is 0.0271. The molecule has 39 heavy (non-hydrogen) atoms. The van der Waals surface area contributed by atoms with E-state index >= 15 is 0 Å². The maximum atomic E-state index is 12.3. The second-order valence-corrected chi connectivity index (χ2v) is 10.7. The van der Waals surface area contributed by atoms with Gasteiger partial charge in [-0.05, 0) is 29.5 Å². The summed E-state index contributed by atoms with van der Waals surface area (Å²) in [5.74, 6) is -0.0347. The number of anilines is 2. The smallest absolute Gasteiger partial charge is 0.319 e. The number of nitrogens with one attached hydrogen (secondary N) is 2. The Labute approximate surface area is 226 Å². The Morgan fingerprint density at radius 2 is 1.85 bits per heavy atom. The normalized spacial score (nSPS) is 21.2. The van der Waals surface area contributed by atoms with Gasteiger partial charge in [0.05, 0.1) is 6.33 Å². The molecule has 13 nitrogen and oxygen atoms in total. The van der Waals surface area contributed by atoms with E-state index in [1.165, 1.54) is 34.6 Å². The van der Waals surface area contributed by atoms with Gasteiger partial charge in [-0.15, -0.1) is 0 Å². The molecule has 4 rings (SSSR count). The molecule has 210 valence electrons. The van der Waals surface area contributed by atoms with Crippen LogP contribution in [0.2, 0.25) is 0 Å². The number of aromatic nitrogens is 4. The Hall–Kier alpha value is -3.81. The van der Waals surface area contributed by atoms with Crippen LogP contribution in [0.4, 0.5) is 16.3 Å². The van der Waals surface area contributed by atoms with Gasteiger partial charge in [0, 0.05) is 32.2 Å². The number of benzene rings is 1. The summed E-state index contributed by atoms with van der Waals surface area (Å²) in [5.41, 5.74) is 8.44. The van der Waals surface area contributed by atoms with Crippen LogP contribution in [0, 0.1) is 0 Å². The summed E-state index contributed by atoms with van der Waals surface area (Å²) in [4.78, 5) is 38.3. The van der Waals surface area contributed by atoms with Crippen molar-refractivity contribution in [1.82, 2.24) is 29.7 Å². The predicted octanol–water partition coefficient (Wildman–Crippen LogP) is 1.39. The fourth-order valence-electron chi connectivity index (χ4n) is 4.46. The molecule has 6 N–H and O–H groups in total. The van der Waals surface area contributed by atoms with Gasteiger partial charge in [-0.25, -0.2) is 19.7 Å². The number of ether oxygens (including phenoxy) is 1. The lowest BCUT2D eigenvalue weighted by atomic mass is 9.87. The first-order valence-corrected chi connectivity index (χ1v) is 12.8. The number of carbonyl (C=O) groups is 2. The number of carbonyl (C=O) groups excluding carboxylic acids is 2. The molecule has 0 bridgehead atoms. The highest BCUT2D eigenvalue weighted by atomic mass is 16.6. The highest BCUT2D eigenvalue weighted by Crippen LogP contribution is 2.32. The molecule has 3 heterocycles. The number of urea groups is 1. The predicted molar refractivity (Wildman–Crippen MR) is 145 cm³/mol. The van der Waals surface area contributed by atoms with E-state index in [9.17, 15) is 19.8 Å². The van der Waals surface area contributed by atoms with Gasteiger partial charge in [-0.3, -0.25) is 9.36 Å². The number of rotatable bonds is 8. The molecule has 1 aromatic carbocycles. The van der Waals surface area contributed by atoms with Crippen molar-refractivity contribution in [3.8, 4) is 0 Å². The van der Waals surface area contributed by atoms with Crippen molar-refractivity contribution < 1.29 is 24.5 Å². The van der Waals surface area contributed by atoms with Crippen LogP contribution >= 0.6 is 0 Å². The number of aliphatic hydroxyl groups is 2. The Balaban J connectivity index is 1.28. The zero-order valence-electron chi connectivity index (χ0n) is 22.5. The Kier molecular flexibility index (Phi) is 8.33. The number of amides is 3. The Morgan fingerprint density at radius 1 is 1.13 bits per heavy atom. The first-order valence-electron chi connectivity index (χ1n) is 12.8. The molecular formula is C26H36N8O5. The molecule has 1 aliphatic heterocycles. The van der Waals surface area contributed by atoms with E-state index in [-0.39, 0.29) is 29.7 Å². The topological polar surface area (TPSA) is 181 Å². The molecule has 3 amide bonds. The third-order valence-electron chi connectivity index (χ3n) is 6.74. The highest BCUT2D eigenvalue weighted by Gasteiger charge is 2.45. The molecule has 4 atom stereocenters. The average Bonchev–Trinajstić information content (AvgIpc) is 3.42. The van der Waals surface area contributed by atoms with E-state index in [2.05, 4.69) is 46.4 Å². The standard InChI is InChI=1S/C26H36N8O5/c1-15(35)33(11-5-10-28-25(38)32-17-8-6-16(7-9-17)26(2,3)4)12-18-20(36)21(37)24(39-18)34-14-31-19-22(27)29-13-30-23(19)34/h6-9,13-14,18,20-21,24,36-37H,5,10-12H2,1-4H3,(H2,27,29,30)(H2,28,32,38)/t18?,20-,21-,24?/m1/s1. The minimum Gasteiger partial charge on any atom is -0.387 e. The molecule has 0 saturated carbocycles. The molecule has 0 aliphatic carbocycles. The van der Waals surface area contributed by atoms with Crippen molar-refractivity contribution in [1.29, 1.82) is 0 Å². The van der Waals surface area contributed by atoms with Crippen molar-refractivity contribution in [3.63, 3.8) is 0 Å². The van der Waals surface area contributed by atoms with Gasteiger partial charge in [-0.2, -0.15) is 0 Å². The number of imidazole rings is 1. The van der Waals surface area contributed by atoms with Crippen LogP contribution < -0.4 is 16.4 Å². The second-order valence-electron chi connectivity index (χ2n) is 10.7. The van der Waals surface area contributed by atoms with Gasteiger partial charge in [0.1, 0.15) is 30.2 Å². The Morgan fingerprint density at radius 3 is 2.51 bits per heavy atom. The number of hydrogen-bond acceptors (Lipinski definition) is 9. The third-order valence-corrected chi connectivity index (χ3v) is 6.74. The maximum absolute atomic E-state index is 12.3. The van der Waals surface area contributed by atoms with E-state index in [1.54, 1.807) is 0 Å². The summed E-state index contributed by atoms with van der Waals surface area (Å²) < 4.78 is 7.43. The van der Waals surface area contributed by atoms with Crippen LogP contribution in [0.3, 0.4) is 0 Å². The van der Waals surface area contributed by atoms with Crippen LogP contribution in [0.5, 0.6) is 0 Å². The molecule has 0 radical (unpaired) electrons. The SMILES string of the molecule is CC(=O)N(CCCNC(=O)Nc1ccc(C(C)(C)C)cc1)CC1OC(n2cnc3c(N)ncnc32)[C@H](O)[C@@H]1O. The van der Waals surface area contributed by atoms with E-state index in [1.807, 2.05) is 24.3 Å². The van der Waals surface area contributed by atoms with Gasteiger partial charge in [0.25, 0.3) is 0 Å². The summed E-state index contributed by atoms with van der Waals surface area (Å²) >= 11 is 0. The molecule has 3 aromatic rings. The number of nitrogens with zero attached hydrogens (tertiary/aromatic N) is 5. The van der Waals surface area contributed by atoms with Crippen molar-refractivity contribution in [2.45, 2.75) is 64.1 Å². The molecule has 2 unspecified atom stereocenters. The number of aliphatic hydroxyl groups excluding tert-OH is 2.